The molecule has 0 heterocycles. The van der Waals surface area contributed by atoms with Crippen LogP contribution in [-0.4, -0.2) is 8.42 Å². The lowest BCUT2D eigenvalue weighted by atomic mass is 10.3. The van der Waals surface area contributed by atoms with Gasteiger partial charge in [0.25, 0.3) is 9.05 Å². The SMILES string of the molecule is O=S(=O)(Cl)c1ccc(Br)c(F)c1Cl. The minimum atomic E-state index is -3.99. The molecule has 0 unspecified atom stereocenters. The lowest BCUT2D eigenvalue weighted by Crippen LogP contribution is -1.94. The first kappa shape index (κ1) is 11.2. The van der Waals surface area contributed by atoms with Crippen LogP contribution >= 0.6 is 38.2 Å². The van der Waals surface area contributed by atoms with E-state index >= 15 is 0 Å². The molecule has 0 aromatic heterocycles. The molecule has 0 radical (unpaired) electrons. The Balaban J connectivity index is 3.53. The number of rotatable bonds is 1. The van der Waals surface area contributed by atoms with Gasteiger partial charge in [0.15, 0.2) is 5.82 Å². The van der Waals surface area contributed by atoms with Gasteiger partial charge in [0.1, 0.15) is 4.90 Å². The van der Waals surface area contributed by atoms with Crippen molar-refractivity contribution in [1.82, 2.24) is 0 Å². The first-order chi connectivity index (χ1) is 5.84. The Morgan fingerprint density at radius 3 is 2.38 bits per heavy atom. The lowest BCUT2D eigenvalue weighted by Gasteiger charge is -2.01. The summed E-state index contributed by atoms with van der Waals surface area (Å²) in [6.45, 7) is 0. The summed E-state index contributed by atoms with van der Waals surface area (Å²) < 4.78 is 34.7. The molecule has 7 heteroatoms. The summed E-state index contributed by atoms with van der Waals surface area (Å²) >= 11 is 8.26. The Morgan fingerprint density at radius 2 is 1.92 bits per heavy atom. The fourth-order valence-electron chi connectivity index (χ4n) is 0.696. The van der Waals surface area contributed by atoms with E-state index in [0.717, 1.165) is 6.07 Å². The minimum Gasteiger partial charge on any atom is -0.207 e. The van der Waals surface area contributed by atoms with Crippen LogP contribution in [0.1, 0.15) is 0 Å². The molecule has 1 aromatic rings. The summed E-state index contributed by atoms with van der Waals surface area (Å²) in [5, 5.41) is -0.510. The molecule has 0 spiro atoms. The molecule has 0 aliphatic carbocycles. The van der Waals surface area contributed by atoms with Crippen LogP contribution in [0.4, 0.5) is 4.39 Å². The van der Waals surface area contributed by atoms with Crippen LogP contribution in [0.2, 0.25) is 5.02 Å². The zero-order valence-corrected chi connectivity index (χ0v) is 9.81. The van der Waals surface area contributed by atoms with E-state index in [1.807, 2.05) is 0 Å². The Labute approximate surface area is 92.2 Å². The number of hydrogen-bond donors (Lipinski definition) is 0. The van der Waals surface area contributed by atoms with Gasteiger partial charge in [0, 0.05) is 10.7 Å². The van der Waals surface area contributed by atoms with E-state index in [2.05, 4.69) is 15.9 Å². The van der Waals surface area contributed by atoms with Crippen LogP contribution in [0.25, 0.3) is 0 Å². The van der Waals surface area contributed by atoms with Gasteiger partial charge in [-0.2, -0.15) is 0 Å². The predicted molar refractivity (Wildman–Crippen MR) is 52.1 cm³/mol. The molecule has 0 saturated carbocycles. The third-order valence-electron chi connectivity index (χ3n) is 1.26. The quantitative estimate of drug-likeness (QED) is 0.590. The highest BCUT2D eigenvalue weighted by atomic mass is 79.9. The maximum atomic E-state index is 13.0. The molecule has 0 fully saturated rings. The van der Waals surface area contributed by atoms with Crippen molar-refractivity contribution < 1.29 is 12.8 Å². The van der Waals surface area contributed by atoms with Gasteiger partial charge < -0.3 is 0 Å². The zero-order valence-electron chi connectivity index (χ0n) is 5.89. The fraction of sp³-hybridized carbons (Fsp3) is 0. The van der Waals surface area contributed by atoms with Gasteiger partial charge in [0.05, 0.1) is 9.50 Å². The molecule has 1 rings (SSSR count). The Kier molecular flexibility index (Phi) is 3.22. The van der Waals surface area contributed by atoms with Crippen LogP contribution in [0.15, 0.2) is 21.5 Å². The van der Waals surface area contributed by atoms with E-state index in [0.29, 0.717) is 0 Å². The second-order valence-electron chi connectivity index (χ2n) is 2.11. The second-order valence-corrected chi connectivity index (χ2v) is 5.88. The molecule has 0 aliphatic rings. The topological polar surface area (TPSA) is 34.1 Å². The first-order valence-corrected chi connectivity index (χ1v) is 6.40. The second kappa shape index (κ2) is 3.73. The van der Waals surface area contributed by atoms with Crippen LogP contribution < -0.4 is 0 Å². The van der Waals surface area contributed by atoms with Gasteiger partial charge in [-0.1, -0.05) is 11.6 Å². The minimum absolute atomic E-state index is 0.0848. The van der Waals surface area contributed by atoms with Crippen molar-refractivity contribution in [2.24, 2.45) is 0 Å². The number of halogens is 4. The third kappa shape index (κ3) is 2.34. The summed E-state index contributed by atoms with van der Waals surface area (Å²) in [6, 6.07) is 2.34. The van der Waals surface area contributed by atoms with Crippen molar-refractivity contribution in [1.29, 1.82) is 0 Å². The normalized spacial score (nSPS) is 11.7. The van der Waals surface area contributed by atoms with Gasteiger partial charge in [-0.3, -0.25) is 0 Å². The third-order valence-corrected chi connectivity index (χ3v) is 3.72. The highest BCUT2D eigenvalue weighted by Crippen LogP contribution is 2.31. The lowest BCUT2D eigenvalue weighted by molar-refractivity contribution is 0.600. The Morgan fingerprint density at radius 1 is 1.38 bits per heavy atom. The molecule has 0 amide bonds. The fourth-order valence-corrected chi connectivity index (χ4v) is 2.65. The summed E-state index contributed by atoms with van der Waals surface area (Å²) in [5.74, 6) is -0.844. The average molecular weight is 308 g/mol. The molecule has 72 valence electrons. The van der Waals surface area contributed by atoms with Gasteiger partial charge >= 0.3 is 0 Å². The summed E-state index contributed by atoms with van der Waals surface area (Å²) in [7, 11) is 1.00. The zero-order chi connectivity index (χ0) is 10.2. The molecular weight excluding hydrogens is 306 g/mol. The van der Waals surface area contributed by atoms with Crippen molar-refractivity contribution in [3.05, 3.63) is 27.4 Å². The summed E-state index contributed by atoms with van der Waals surface area (Å²) in [5.41, 5.74) is 0. The van der Waals surface area contributed by atoms with Gasteiger partial charge in [-0.25, -0.2) is 12.8 Å². The highest BCUT2D eigenvalue weighted by molar-refractivity contribution is 9.10. The monoisotopic (exact) mass is 306 g/mol. The molecule has 1 aromatic carbocycles. The largest absolute Gasteiger partial charge is 0.262 e. The van der Waals surface area contributed by atoms with Crippen molar-refractivity contribution >= 4 is 47.3 Å². The number of hydrogen-bond acceptors (Lipinski definition) is 2. The van der Waals surface area contributed by atoms with Crippen molar-refractivity contribution in [2.75, 3.05) is 0 Å². The van der Waals surface area contributed by atoms with Gasteiger partial charge in [-0.15, -0.1) is 0 Å². The van der Waals surface area contributed by atoms with E-state index in [-0.39, 0.29) is 4.47 Å². The summed E-state index contributed by atoms with van der Waals surface area (Å²) in [6.07, 6.45) is 0. The molecule has 0 bridgehead atoms. The van der Waals surface area contributed by atoms with Crippen LogP contribution in [0.5, 0.6) is 0 Å². The molecule has 13 heavy (non-hydrogen) atoms. The predicted octanol–water partition coefficient (Wildman–Crippen LogP) is 3.17. The average Bonchev–Trinajstić information content (AvgIpc) is 1.98. The van der Waals surface area contributed by atoms with E-state index in [4.69, 9.17) is 22.3 Å². The molecule has 2 nitrogen and oxygen atoms in total. The Hall–Kier alpha value is 0.160. The van der Waals surface area contributed by atoms with E-state index in [9.17, 15) is 12.8 Å². The van der Waals surface area contributed by atoms with Crippen molar-refractivity contribution in [2.45, 2.75) is 4.90 Å². The van der Waals surface area contributed by atoms with E-state index in [1.165, 1.54) is 6.07 Å². The summed E-state index contributed by atoms with van der Waals surface area (Å²) in [4.78, 5) is -0.434. The maximum Gasteiger partial charge on any atom is 0.262 e. The molecule has 0 N–H and O–H groups in total. The van der Waals surface area contributed by atoms with Gasteiger partial charge in [-0.05, 0) is 28.1 Å². The van der Waals surface area contributed by atoms with Crippen LogP contribution in [0.3, 0.4) is 0 Å². The number of benzene rings is 1. The molecule has 0 atom stereocenters. The van der Waals surface area contributed by atoms with Crippen LogP contribution in [0, 0.1) is 5.82 Å². The molecular formula is C6H2BrCl2FO2S. The first-order valence-electron chi connectivity index (χ1n) is 2.92. The van der Waals surface area contributed by atoms with E-state index < -0.39 is 24.8 Å². The van der Waals surface area contributed by atoms with Crippen molar-refractivity contribution in [3.63, 3.8) is 0 Å². The van der Waals surface area contributed by atoms with Crippen LogP contribution in [-0.2, 0) is 9.05 Å². The Bertz CT molecular complexity index is 446. The smallest absolute Gasteiger partial charge is 0.207 e. The standard InChI is InChI=1S/C6H2BrCl2FO2S/c7-3-1-2-4(13(9,11)12)5(8)6(3)10/h1-2H. The molecule has 0 saturated heterocycles. The highest BCUT2D eigenvalue weighted by Gasteiger charge is 2.19. The molecule has 0 aliphatic heterocycles. The maximum absolute atomic E-state index is 13.0. The van der Waals surface area contributed by atoms with Crippen molar-refractivity contribution in [3.8, 4) is 0 Å². The van der Waals surface area contributed by atoms with Gasteiger partial charge in [0.2, 0.25) is 0 Å². The van der Waals surface area contributed by atoms with E-state index in [1.54, 1.807) is 0 Å².